The van der Waals surface area contributed by atoms with E-state index < -0.39 is 5.82 Å². The summed E-state index contributed by atoms with van der Waals surface area (Å²) in [6.45, 7) is 2.68. The number of hydrogen-bond donors (Lipinski definition) is 0. The van der Waals surface area contributed by atoms with Crippen molar-refractivity contribution in [3.05, 3.63) is 34.1 Å². The smallest absolute Gasteiger partial charge is 0.166 e. The van der Waals surface area contributed by atoms with Crippen molar-refractivity contribution in [2.24, 2.45) is 5.92 Å². The molecule has 98 valence electrons. The molecule has 0 unspecified atom stereocenters. The highest BCUT2D eigenvalue weighted by Gasteiger charge is 2.31. The molecule has 0 amide bonds. The second kappa shape index (κ2) is 5.93. The van der Waals surface area contributed by atoms with Crippen molar-refractivity contribution >= 4 is 21.7 Å². The highest BCUT2D eigenvalue weighted by Crippen LogP contribution is 2.34. The van der Waals surface area contributed by atoms with Crippen molar-refractivity contribution in [2.75, 3.05) is 6.61 Å². The van der Waals surface area contributed by atoms with Gasteiger partial charge in [0.2, 0.25) is 0 Å². The maximum atomic E-state index is 13.5. The molecule has 4 heteroatoms. The first-order valence-electron chi connectivity index (χ1n) is 6.20. The van der Waals surface area contributed by atoms with E-state index in [0.29, 0.717) is 25.0 Å². The van der Waals surface area contributed by atoms with Gasteiger partial charge in [-0.2, -0.15) is 0 Å². The molecule has 0 radical (unpaired) electrons. The first-order chi connectivity index (χ1) is 8.60. The number of halogens is 2. The molecule has 0 bridgehead atoms. The molecule has 1 aromatic rings. The molecule has 1 fully saturated rings. The number of rotatable bonds is 5. The van der Waals surface area contributed by atoms with E-state index in [-0.39, 0.29) is 11.3 Å². The third-order valence-corrected chi connectivity index (χ3v) is 3.79. The molecule has 0 aliphatic heterocycles. The molecular weight excluding hydrogens is 299 g/mol. The fourth-order valence-electron chi connectivity index (χ4n) is 2.30. The Morgan fingerprint density at radius 2 is 2.22 bits per heavy atom. The lowest BCUT2D eigenvalue weighted by Gasteiger charge is -2.34. The summed E-state index contributed by atoms with van der Waals surface area (Å²) in [5, 5.41) is 0. The van der Waals surface area contributed by atoms with Crippen molar-refractivity contribution in [3.63, 3.8) is 0 Å². The van der Waals surface area contributed by atoms with Crippen molar-refractivity contribution < 1.29 is 13.9 Å². The molecule has 1 aromatic carbocycles. The summed E-state index contributed by atoms with van der Waals surface area (Å²) in [7, 11) is 0. The van der Waals surface area contributed by atoms with Gasteiger partial charge in [-0.25, -0.2) is 4.39 Å². The van der Waals surface area contributed by atoms with Gasteiger partial charge in [0.25, 0.3) is 0 Å². The van der Waals surface area contributed by atoms with E-state index in [9.17, 15) is 9.18 Å². The zero-order chi connectivity index (χ0) is 13.1. The van der Waals surface area contributed by atoms with Gasteiger partial charge in [0.05, 0.1) is 11.7 Å². The molecule has 2 rings (SSSR count). The number of hydrogen-bond acceptors (Lipinski definition) is 2. The van der Waals surface area contributed by atoms with Crippen LogP contribution < -0.4 is 0 Å². The molecule has 0 heterocycles. The predicted octanol–water partition coefficient (Wildman–Crippen LogP) is 3.98. The van der Waals surface area contributed by atoms with Gasteiger partial charge in [0, 0.05) is 17.5 Å². The van der Waals surface area contributed by atoms with Crippen LogP contribution >= 0.6 is 15.9 Å². The zero-order valence-corrected chi connectivity index (χ0v) is 11.9. The minimum Gasteiger partial charge on any atom is -0.378 e. The Labute approximate surface area is 115 Å². The van der Waals surface area contributed by atoms with Crippen LogP contribution in [0.4, 0.5) is 4.39 Å². The highest BCUT2D eigenvalue weighted by atomic mass is 79.9. The number of benzene rings is 1. The van der Waals surface area contributed by atoms with E-state index in [4.69, 9.17) is 4.74 Å². The van der Waals surface area contributed by atoms with Gasteiger partial charge < -0.3 is 4.74 Å². The van der Waals surface area contributed by atoms with Crippen LogP contribution in [0.5, 0.6) is 0 Å². The van der Waals surface area contributed by atoms with Crippen molar-refractivity contribution in [1.29, 1.82) is 0 Å². The molecule has 0 aromatic heterocycles. The Morgan fingerprint density at radius 1 is 1.50 bits per heavy atom. The Morgan fingerprint density at radius 3 is 2.89 bits per heavy atom. The molecular formula is C14H16BrFO2. The molecule has 0 atom stereocenters. The van der Waals surface area contributed by atoms with Crippen LogP contribution in [0.15, 0.2) is 22.7 Å². The van der Waals surface area contributed by atoms with E-state index in [0.717, 1.165) is 17.3 Å². The van der Waals surface area contributed by atoms with Gasteiger partial charge in [-0.05, 0) is 43.9 Å². The summed E-state index contributed by atoms with van der Waals surface area (Å²) in [5.41, 5.74) is 0.184. The van der Waals surface area contributed by atoms with Gasteiger partial charge in [-0.1, -0.05) is 15.9 Å². The molecule has 0 saturated heterocycles. The van der Waals surface area contributed by atoms with Crippen LogP contribution in [0.1, 0.15) is 36.5 Å². The number of carbonyl (C=O) groups is 1. The standard InChI is InChI=1S/C14H16BrFO2/c1-2-18-11-5-9(6-11)7-14(17)12-8-10(15)3-4-13(12)16/h3-4,8-9,11H,2,5-7H2,1H3. The van der Waals surface area contributed by atoms with Gasteiger partial charge in [-0.3, -0.25) is 4.79 Å². The molecule has 1 saturated carbocycles. The normalized spacial score (nSPS) is 22.6. The largest absolute Gasteiger partial charge is 0.378 e. The third kappa shape index (κ3) is 3.18. The van der Waals surface area contributed by atoms with Crippen molar-refractivity contribution in [3.8, 4) is 0 Å². The van der Waals surface area contributed by atoms with Crippen LogP contribution in [0.2, 0.25) is 0 Å². The van der Waals surface area contributed by atoms with Gasteiger partial charge in [0.1, 0.15) is 5.82 Å². The zero-order valence-electron chi connectivity index (χ0n) is 10.3. The second-order valence-corrected chi connectivity index (χ2v) is 5.58. The molecule has 0 spiro atoms. The average molecular weight is 315 g/mol. The molecule has 18 heavy (non-hydrogen) atoms. The lowest BCUT2D eigenvalue weighted by Crippen LogP contribution is -2.32. The van der Waals surface area contributed by atoms with Crippen molar-refractivity contribution in [2.45, 2.75) is 32.3 Å². The fourth-order valence-corrected chi connectivity index (χ4v) is 2.66. The van der Waals surface area contributed by atoms with Crippen LogP contribution in [0.3, 0.4) is 0 Å². The Kier molecular flexibility index (Phi) is 4.51. The third-order valence-electron chi connectivity index (χ3n) is 3.30. The average Bonchev–Trinajstić information content (AvgIpc) is 2.29. The van der Waals surface area contributed by atoms with E-state index >= 15 is 0 Å². The van der Waals surface area contributed by atoms with Gasteiger partial charge >= 0.3 is 0 Å². The fraction of sp³-hybridized carbons (Fsp3) is 0.500. The molecule has 0 N–H and O–H groups in total. The molecule has 2 nitrogen and oxygen atoms in total. The quantitative estimate of drug-likeness (QED) is 0.768. The minimum atomic E-state index is -0.441. The lowest BCUT2D eigenvalue weighted by atomic mass is 9.78. The maximum Gasteiger partial charge on any atom is 0.166 e. The predicted molar refractivity (Wildman–Crippen MR) is 71.2 cm³/mol. The number of carbonyl (C=O) groups excluding carboxylic acids is 1. The second-order valence-electron chi connectivity index (χ2n) is 4.67. The van der Waals surface area contributed by atoms with Gasteiger partial charge in [0.15, 0.2) is 5.78 Å². The van der Waals surface area contributed by atoms with E-state index in [1.54, 1.807) is 12.1 Å². The summed E-state index contributed by atoms with van der Waals surface area (Å²) in [5.74, 6) is -0.218. The minimum absolute atomic E-state index is 0.117. The number of Topliss-reactive ketones (excluding diaryl/α,β-unsaturated/α-hetero) is 1. The topological polar surface area (TPSA) is 26.3 Å². The van der Waals surface area contributed by atoms with E-state index in [2.05, 4.69) is 15.9 Å². The molecule has 1 aliphatic carbocycles. The van der Waals surface area contributed by atoms with Crippen LogP contribution in [0, 0.1) is 11.7 Å². The highest BCUT2D eigenvalue weighted by molar-refractivity contribution is 9.10. The summed E-state index contributed by atoms with van der Waals surface area (Å²) in [6.07, 6.45) is 2.53. The lowest BCUT2D eigenvalue weighted by molar-refractivity contribution is -0.0246. The Hall–Kier alpha value is -0.740. The number of ether oxygens (including phenoxy) is 1. The maximum absolute atomic E-state index is 13.5. The van der Waals surface area contributed by atoms with E-state index in [1.807, 2.05) is 6.92 Å². The van der Waals surface area contributed by atoms with Crippen LogP contribution in [0.25, 0.3) is 0 Å². The first kappa shape index (κ1) is 13.7. The van der Waals surface area contributed by atoms with Crippen LogP contribution in [-0.4, -0.2) is 18.5 Å². The monoisotopic (exact) mass is 314 g/mol. The Bertz CT molecular complexity index is 441. The Balaban J connectivity index is 1.91. The van der Waals surface area contributed by atoms with Crippen molar-refractivity contribution in [1.82, 2.24) is 0 Å². The number of ketones is 1. The summed E-state index contributed by atoms with van der Waals surface area (Å²) < 4.78 is 19.7. The van der Waals surface area contributed by atoms with E-state index in [1.165, 1.54) is 6.07 Å². The van der Waals surface area contributed by atoms with Gasteiger partial charge in [-0.15, -0.1) is 0 Å². The summed E-state index contributed by atoms with van der Waals surface area (Å²) in [6, 6.07) is 4.47. The summed E-state index contributed by atoms with van der Waals surface area (Å²) in [4.78, 5) is 12.0. The summed E-state index contributed by atoms with van der Waals surface area (Å²) >= 11 is 3.25. The molecule has 1 aliphatic rings. The van der Waals surface area contributed by atoms with Crippen LogP contribution in [-0.2, 0) is 4.74 Å². The SMILES string of the molecule is CCOC1CC(CC(=O)c2cc(Br)ccc2F)C1. The first-order valence-corrected chi connectivity index (χ1v) is 6.99.